The molecule has 0 bridgehead atoms. The highest BCUT2D eigenvalue weighted by Gasteiger charge is 2.22. The molecule has 1 unspecified atom stereocenters. The number of aromatic nitrogens is 1. The summed E-state index contributed by atoms with van der Waals surface area (Å²) in [4.78, 5) is 16.0. The molecule has 1 aromatic carbocycles. The van der Waals surface area contributed by atoms with Gasteiger partial charge in [-0.05, 0) is 40.2 Å². The number of carbonyl (C=O) groups is 1. The number of pyridine rings is 1. The monoisotopic (exact) mass is 354 g/mol. The Balaban J connectivity index is 2.31. The van der Waals surface area contributed by atoms with Crippen LogP contribution in [0.3, 0.4) is 0 Å². The Labute approximate surface area is 130 Å². The van der Waals surface area contributed by atoms with E-state index in [0.29, 0.717) is 10.6 Å². The van der Waals surface area contributed by atoms with Crippen molar-refractivity contribution in [3.8, 4) is 0 Å². The molecule has 1 aromatic heterocycles. The summed E-state index contributed by atoms with van der Waals surface area (Å²) in [6.45, 7) is 0. The quantitative estimate of drug-likeness (QED) is 0.847. The second kappa shape index (κ2) is 6.72. The Bertz CT molecular complexity index is 622. The molecule has 1 atom stereocenters. The average Bonchev–Trinajstić information content (AvgIpc) is 2.44. The number of anilines is 1. The minimum Gasteiger partial charge on any atom is -0.467 e. The molecule has 1 N–H and O–H groups in total. The van der Waals surface area contributed by atoms with Gasteiger partial charge >= 0.3 is 5.97 Å². The molecule has 0 radical (unpaired) electrons. The zero-order chi connectivity index (χ0) is 14.5. The summed E-state index contributed by atoms with van der Waals surface area (Å²) < 4.78 is 5.62. The van der Waals surface area contributed by atoms with Crippen molar-refractivity contribution in [1.82, 2.24) is 4.98 Å². The van der Waals surface area contributed by atoms with Gasteiger partial charge in [0.2, 0.25) is 0 Å². The number of hydrogen-bond donors (Lipinski definition) is 1. The Morgan fingerprint density at radius 3 is 2.85 bits per heavy atom. The van der Waals surface area contributed by atoms with Crippen LogP contribution in [0.2, 0.25) is 5.02 Å². The van der Waals surface area contributed by atoms with Crippen LogP contribution in [0.4, 0.5) is 5.69 Å². The van der Waals surface area contributed by atoms with Crippen molar-refractivity contribution in [2.75, 3.05) is 12.4 Å². The third-order valence-corrected chi connectivity index (χ3v) is 3.30. The fourth-order valence-corrected chi connectivity index (χ4v) is 2.30. The van der Waals surface area contributed by atoms with Gasteiger partial charge in [-0.3, -0.25) is 4.98 Å². The number of rotatable bonds is 4. The van der Waals surface area contributed by atoms with Crippen molar-refractivity contribution in [2.24, 2.45) is 0 Å². The molecular formula is C14H12BrClN2O2. The highest BCUT2D eigenvalue weighted by atomic mass is 79.9. The fraction of sp³-hybridized carbons (Fsp3) is 0.143. The van der Waals surface area contributed by atoms with Crippen molar-refractivity contribution < 1.29 is 9.53 Å². The van der Waals surface area contributed by atoms with E-state index in [0.717, 1.165) is 10.2 Å². The van der Waals surface area contributed by atoms with Crippen LogP contribution in [0.5, 0.6) is 0 Å². The summed E-state index contributed by atoms with van der Waals surface area (Å²) in [5.74, 6) is -0.398. The number of nitrogens with zero attached hydrogens (tertiary/aromatic N) is 1. The molecule has 0 spiro atoms. The minimum absolute atomic E-state index is 0.398. The predicted molar refractivity (Wildman–Crippen MR) is 81.8 cm³/mol. The Hall–Kier alpha value is -1.59. The summed E-state index contributed by atoms with van der Waals surface area (Å²) in [7, 11) is 1.35. The van der Waals surface area contributed by atoms with Gasteiger partial charge in [0, 0.05) is 33.1 Å². The first-order valence-electron chi connectivity index (χ1n) is 5.80. The molecule has 0 aliphatic heterocycles. The van der Waals surface area contributed by atoms with Crippen molar-refractivity contribution in [1.29, 1.82) is 0 Å². The first-order chi connectivity index (χ1) is 9.60. The molecule has 0 fully saturated rings. The largest absolute Gasteiger partial charge is 0.467 e. The van der Waals surface area contributed by atoms with Crippen molar-refractivity contribution in [3.63, 3.8) is 0 Å². The summed E-state index contributed by atoms with van der Waals surface area (Å²) in [6, 6.07) is 8.30. The lowest BCUT2D eigenvalue weighted by molar-refractivity contribution is -0.141. The number of methoxy groups -OCH3 is 1. The van der Waals surface area contributed by atoms with E-state index in [-0.39, 0.29) is 0 Å². The van der Waals surface area contributed by atoms with Gasteiger partial charge in [0.1, 0.15) is 0 Å². The molecular weight excluding hydrogens is 344 g/mol. The van der Waals surface area contributed by atoms with Crippen LogP contribution in [0, 0.1) is 0 Å². The van der Waals surface area contributed by atoms with Gasteiger partial charge < -0.3 is 10.1 Å². The molecule has 0 amide bonds. The zero-order valence-electron chi connectivity index (χ0n) is 10.6. The predicted octanol–water partition coefficient (Wildman–Crippen LogP) is 3.82. The topological polar surface area (TPSA) is 51.2 Å². The molecule has 0 aliphatic rings. The first kappa shape index (κ1) is 14.8. The van der Waals surface area contributed by atoms with E-state index in [9.17, 15) is 4.79 Å². The van der Waals surface area contributed by atoms with E-state index in [1.165, 1.54) is 7.11 Å². The summed E-state index contributed by atoms with van der Waals surface area (Å²) in [5, 5.41) is 3.68. The number of ether oxygens (including phenoxy) is 1. The van der Waals surface area contributed by atoms with Crippen molar-refractivity contribution >= 4 is 39.2 Å². The van der Waals surface area contributed by atoms with Gasteiger partial charge in [0.05, 0.1) is 7.11 Å². The van der Waals surface area contributed by atoms with Crippen molar-refractivity contribution in [2.45, 2.75) is 6.04 Å². The van der Waals surface area contributed by atoms with E-state index in [1.54, 1.807) is 30.6 Å². The third kappa shape index (κ3) is 3.71. The summed E-state index contributed by atoms with van der Waals surface area (Å²) in [6.07, 6.45) is 3.26. The number of hydrogen-bond acceptors (Lipinski definition) is 4. The number of esters is 1. The van der Waals surface area contributed by atoms with Crippen LogP contribution >= 0.6 is 27.5 Å². The Morgan fingerprint density at radius 1 is 1.40 bits per heavy atom. The fourth-order valence-electron chi connectivity index (χ4n) is 1.73. The molecule has 4 nitrogen and oxygen atoms in total. The number of halogens is 2. The Kier molecular flexibility index (Phi) is 4.98. The smallest absolute Gasteiger partial charge is 0.333 e. The zero-order valence-corrected chi connectivity index (χ0v) is 13.0. The standard InChI is InChI=1S/C14H12BrClN2O2/c1-20-14(19)13(9-5-10(15)8-17-7-9)18-12-4-2-3-11(16)6-12/h2-8,13,18H,1H3. The molecule has 0 saturated carbocycles. The highest BCUT2D eigenvalue weighted by molar-refractivity contribution is 9.10. The number of nitrogens with one attached hydrogen (secondary N) is 1. The summed E-state index contributed by atoms with van der Waals surface area (Å²) >= 11 is 9.27. The van der Waals surface area contributed by atoms with Crippen LogP contribution in [0.15, 0.2) is 47.2 Å². The second-order valence-electron chi connectivity index (χ2n) is 4.05. The minimum atomic E-state index is -0.650. The summed E-state index contributed by atoms with van der Waals surface area (Å²) in [5.41, 5.74) is 1.43. The SMILES string of the molecule is COC(=O)C(Nc1cccc(Cl)c1)c1cncc(Br)c1. The van der Waals surface area contributed by atoms with E-state index < -0.39 is 12.0 Å². The van der Waals surface area contributed by atoms with Gasteiger partial charge in [0.25, 0.3) is 0 Å². The van der Waals surface area contributed by atoms with Crippen LogP contribution < -0.4 is 5.32 Å². The van der Waals surface area contributed by atoms with Gasteiger partial charge in [0.15, 0.2) is 6.04 Å². The lowest BCUT2D eigenvalue weighted by Crippen LogP contribution is -2.22. The van der Waals surface area contributed by atoms with Crippen LogP contribution in [0.1, 0.15) is 11.6 Å². The van der Waals surface area contributed by atoms with Gasteiger partial charge in [-0.2, -0.15) is 0 Å². The molecule has 20 heavy (non-hydrogen) atoms. The van der Waals surface area contributed by atoms with Gasteiger partial charge in [-0.15, -0.1) is 0 Å². The van der Waals surface area contributed by atoms with Gasteiger partial charge in [-0.1, -0.05) is 17.7 Å². The van der Waals surface area contributed by atoms with Crippen LogP contribution in [-0.2, 0) is 9.53 Å². The maximum atomic E-state index is 12.0. The number of benzene rings is 1. The second-order valence-corrected chi connectivity index (χ2v) is 5.40. The normalized spacial score (nSPS) is 11.8. The van der Waals surface area contributed by atoms with Crippen molar-refractivity contribution in [3.05, 3.63) is 57.8 Å². The van der Waals surface area contributed by atoms with E-state index >= 15 is 0 Å². The molecule has 2 aromatic rings. The van der Waals surface area contributed by atoms with Gasteiger partial charge in [-0.25, -0.2) is 4.79 Å². The number of carbonyl (C=O) groups excluding carboxylic acids is 1. The lowest BCUT2D eigenvalue weighted by Gasteiger charge is -2.18. The first-order valence-corrected chi connectivity index (χ1v) is 6.97. The molecule has 2 rings (SSSR count). The van der Waals surface area contributed by atoms with E-state index in [2.05, 4.69) is 26.2 Å². The molecule has 1 heterocycles. The van der Waals surface area contributed by atoms with E-state index in [4.69, 9.17) is 16.3 Å². The third-order valence-electron chi connectivity index (χ3n) is 2.63. The maximum absolute atomic E-state index is 12.0. The van der Waals surface area contributed by atoms with Crippen LogP contribution in [0.25, 0.3) is 0 Å². The van der Waals surface area contributed by atoms with E-state index in [1.807, 2.05) is 12.1 Å². The molecule has 104 valence electrons. The Morgan fingerprint density at radius 2 is 2.20 bits per heavy atom. The lowest BCUT2D eigenvalue weighted by atomic mass is 10.1. The molecule has 6 heteroatoms. The molecule has 0 aliphatic carbocycles. The van der Waals surface area contributed by atoms with Crippen LogP contribution in [-0.4, -0.2) is 18.1 Å². The average molecular weight is 356 g/mol. The highest BCUT2D eigenvalue weighted by Crippen LogP contribution is 2.24. The maximum Gasteiger partial charge on any atom is 0.333 e. The molecule has 0 saturated heterocycles.